The maximum atomic E-state index is 13.1. The van der Waals surface area contributed by atoms with Gasteiger partial charge in [-0.3, -0.25) is 9.59 Å². The number of pyridine rings is 1. The van der Waals surface area contributed by atoms with E-state index in [0.717, 1.165) is 5.69 Å². The van der Waals surface area contributed by atoms with Gasteiger partial charge >= 0.3 is 0 Å². The van der Waals surface area contributed by atoms with E-state index in [9.17, 15) is 9.59 Å². The molecule has 0 aliphatic rings. The molecule has 0 fully saturated rings. The number of nitriles is 1. The molecule has 0 unspecified atom stereocenters. The van der Waals surface area contributed by atoms with E-state index in [-0.39, 0.29) is 23.6 Å². The van der Waals surface area contributed by atoms with Gasteiger partial charge in [0.25, 0.3) is 5.56 Å². The zero-order chi connectivity index (χ0) is 20.1. The van der Waals surface area contributed by atoms with Gasteiger partial charge < -0.3 is 4.90 Å². The maximum Gasteiger partial charge on any atom is 0.267 e. The molecule has 7 nitrogen and oxygen atoms in total. The Kier molecular flexibility index (Phi) is 6.06. The molecule has 28 heavy (non-hydrogen) atoms. The number of carbonyl (C=O) groups is 1. The number of aromatic nitrogens is 3. The second-order valence-electron chi connectivity index (χ2n) is 6.20. The third-order valence-corrected chi connectivity index (χ3v) is 5.08. The molecule has 3 rings (SSSR count). The van der Waals surface area contributed by atoms with E-state index < -0.39 is 0 Å². The Morgan fingerprint density at radius 3 is 2.75 bits per heavy atom. The van der Waals surface area contributed by atoms with Crippen molar-refractivity contribution in [3.63, 3.8) is 0 Å². The van der Waals surface area contributed by atoms with Crippen molar-refractivity contribution in [1.82, 2.24) is 19.4 Å². The van der Waals surface area contributed by atoms with E-state index in [0.29, 0.717) is 28.4 Å². The first-order valence-electron chi connectivity index (χ1n) is 8.71. The normalized spacial score (nSPS) is 10.6. The summed E-state index contributed by atoms with van der Waals surface area (Å²) < 4.78 is 1.45. The number of hydrogen-bond acceptors (Lipinski definition) is 6. The maximum absolute atomic E-state index is 13.1. The second-order valence-corrected chi connectivity index (χ2v) is 7.14. The van der Waals surface area contributed by atoms with Crippen molar-refractivity contribution < 1.29 is 4.79 Å². The Morgan fingerprint density at radius 2 is 2.00 bits per heavy atom. The van der Waals surface area contributed by atoms with Gasteiger partial charge in [-0.2, -0.15) is 5.26 Å². The average Bonchev–Trinajstić information content (AvgIpc) is 2.70. The minimum atomic E-state index is -0.225. The van der Waals surface area contributed by atoms with Gasteiger partial charge in [-0.05, 0) is 31.2 Å². The summed E-state index contributed by atoms with van der Waals surface area (Å²) in [6.07, 6.45) is 0.277. The van der Waals surface area contributed by atoms with E-state index in [2.05, 4.69) is 9.97 Å². The molecular weight excluding hydrogens is 374 g/mol. The molecule has 142 valence electrons. The predicted molar refractivity (Wildman–Crippen MR) is 108 cm³/mol. The molecule has 0 bridgehead atoms. The molecule has 0 aliphatic heterocycles. The zero-order valence-electron chi connectivity index (χ0n) is 15.6. The van der Waals surface area contributed by atoms with Crippen LogP contribution in [0.5, 0.6) is 0 Å². The number of hydrogen-bond donors (Lipinski definition) is 0. The lowest BCUT2D eigenvalue weighted by Crippen LogP contribution is -2.29. The third kappa shape index (κ3) is 4.21. The monoisotopic (exact) mass is 393 g/mol. The number of aryl methyl sites for hydroxylation is 1. The van der Waals surface area contributed by atoms with Gasteiger partial charge in [0.1, 0.15) is 5.82 Å². The van der Waals surface area contributed by atoms with Crippen LogP contribution in [0, 0.1) is 18.3 Å². The van der Waals surface area contributed by atoms with Crippen LogP contribution in [0.25, 0.3) is 16.7 Å². The topological polar surface area (TPSA) is 91.9 Å². The van der Waals surface area contributed by atoms with Gasteiger partial charge in [-0.25, -0.2) is 14.5 Å². The van der Waals surface area contributed by atoms with Gasteiger partial charge in [0.2, 0.25) is 5.91 Å². The summed E-state index contributed by atoms with van der Waals surface area (Å²) in [7, 11) is 1.66. The summed E-state index contributed by atoms with van der Waals surface area (Å²) in [4.78, 5) is 36.0. The van der Waals surface area contributed by atoms with Crippen LogP contribution in [0.4, 0.5) is 0 Å². The van der Waals surface area contributed by atoms with Crippen molar-refractivity contribution in [1.29, 1.82) is 5.26 Å². The summed E-state index contributed by atoms with van der Waals surface area (Å²) in [5, 5.41) is 9.57. The molecule has 0 saturated carbocycles. The van der Waals surface area contributed by atoms with Gasteiger partial charge in [-0.15, -0.1) is 0 Å². The number of nitrogens with zero attached hydrogens (tertiary/aromatic N) is 5. The van der Waals surface area contributed by atoms with Gasteiger partial charge in [0, 0.05) is 19.3 Å². The first kappa shape index (κ1) is 19.6. The molecule has 8 heteroatoms. The third-order valence-electron chi connectivity index (χ3n) is 4.16. The summed E-state index contributed by atoms with van der Waals surface area (Å²) in [5.74, 6) is 0.445. The lowest BCUT2D eigenvalue weighted by atomic mass is 10.2. The van der Waals surface area contributed by atoms with E-state index in [1.807, 2.05) is 31.2 Å². The predicted octanol–water partition coefficient (Wildman–Crippen LogP) is 2.55. The highest BCUT2D eigenvalue weighted by molar-refractivity contribution is 7.99. The minimum Gasteiger partial charge on any atom is -0.344 e. The molecule has 3 aromatic rings. The fraction of sp³-hybridized carbons (Fsp3) is 0.250. The van der Waals surface area contributed by atoms with Crippen molar-refractivity contribution in [3.05, 3.63) is 58.5 Å². The Balaban J connectivity index is 2.01. The zero-order valence-corrected chi connectivity index (χ0v) is 16.4. The van der Waals surface area contributed by atoms with E-state index >= 15 is 0 Å². The number of fused-ring (bicyclic) bond motifs is 1. The smallest absolute Gasteiger partial charge is 0.267 e. The minimum absolute atomic E-state index is 0.110. The van der Waals surface area contributed by atoms with Crippen molar-refractivity contribution in [2.24, 2.45) is 0 Å². The van der Waals surface area contributed by atoms with Crippen LogP contribution >= 0.6 is 11.8 Å². The number of amides is 1. The summed E-state index contributed by atoms with van der Waals surface area (Å²) in [6, 6.07) is 14.6. The highest BCUT2D eigenvalue weighted by Gasteiger charge is 2.17. The lowest BCUT2D eigenvalue weighted by molar-refractivity contribution is -0.127. The van der Waals surface area contributed by atoms with Crippen LogP contribution in [-0.4, -0.2) is 44.7 Å². The lowest BCUT2D eigenvalue weighted by Gasteiger charge is -2.16. The molecule has 0 N–H and O–H groups in total. The van der Waals surface area contributed by atoms with Gasteiger partial charge in [0.15, 0.2) is 5.16 Å². The average molecular weight is 393 g/mol. The van der Waals surface area contributed by atoms with E-state index in [1.165, 1.54) is 21.2 Å². The molecule has 1 aromatic carbocycles. The fourth-order valence-corrected chi connectivity index (χ4v) is 3.58. The number of para-hydroxylation sites is 1. The molecular formula is C20H19N5O2S. The van der Waals surface area contributed by atoms with Crippen molar-refractivity contribution >= 4 is 28.6 Å². The van der Waals surface area contributed by atoms with Crippen LogP contribution in [0.15, 0.2) is 52.4 Å². The van der Waals surface area contributed by atoms with Crippen LogP contribution < -0.4 is 5.56 Å². The van der Waals surface area contributed by atoms with Crippen LogP contribution in [0.2, 0.25) is 0 Å². The molecule has 0 spiro atoms. The largest absolute Gasteiger partial charge is 0.344 e. The first-order chi connectivity index (χ1) is 13.5. The molecule has 0 radical (unpaired) electrons. The van der Waals surface area contributed by atoms with Crippen LogP contribution in [0.3, 0.4) is 0 Å². The van der Waals surface area contributed by atoms with Crippen molar-refractivity contribution in [2.45, 2.75) is 18.5 Å². The first-order valence-corrected chi connectivity index (χ1v) is 9.69. The summed E-state index contributed by atoms with van der Waals surface area (Å²) in [6.45, 7) is 2.22. The molecule has 2 heterocycles. The molecule has 0 aliphatic carbocycles. The Bertz CT molecular complexity index is 1120. The molecule has 2 aromatic heterocycles. The van der Waals surface area contributed by atoms with Crippen molar-refractivity contribution in [3.8, 4) is 11.9 Å². The Morgan fingerprint density at radius 1 is 1.21 bits per heavy atom. The fourth-order valence-electron chi connectivity index (χ4n) is 2.64. The highest BCUT2D eigenvalue weighted by atomic mass is 32.2. The molecule has 1 amide bonds. The van der Waals surface area contributed by atoms with Crippen molar-refractivity contribution in [2.75, 3.05) is 19.3 Å². The quantitative estimate of drug-likeness (QED) is 0.472. The van der Waals surface area contributed by atoms with Gasteiger partial charge in [0.05, 0.1) is 29.1 Å². The summed E-state index contributed by atoms with van der Waals surface area (Å²) >= 11 is 1.18. The molecule has 0 saturated heterocycles. The second kappa shape index (κ2) is 8.67. The van der Waals surface area contributed by atoms with Gasteiger partial charge in [-0.1, -0.05) is 30.0 Å². The number of benzene rings is 1. The number of rotatable bonds is 6. The standard InChI is InChI=1S/C20H19N5O2S/c1-14-7-5-10-17(22-14)25-19(27)15-8-3-4-9-16(15)23-20(25)28-13-18(26)24(2)12-6-11-21/h3-5,7-10H,6,12-13H2,1-2H3. The molecule has 0 atom stereocenters. The van der Waals surface area contributed by atoms with E-state index in [1.54, 1.807) is 31.3 Å². The Hall–Kier alpha value is -3.18. The van der Waals surface area contributed by atoms with Crippen LogP contribution in [0.1, 0.15) is 12.1 Å². The summed E-state index contributed by atoms with van der Waals surface area (Å²) in [5.41, 5.74) is 1.13. The number of carbonyl (C=O) groups excluding carboxylic acids is 1. The van der Waals surface area contributed by atoms with Crippen LogP contribution in [-0.2, 0) is 4.79 Å². The highest BCUT2D eigenvalue weighted by Crippen LogP contribution is 2.21. The Labute approximate surface area is 166 Å². The SMILES string of the molecule is Cc1cccc(-n2c(SCC(=O)N(C)CCC#N)nc3ccccc3c2=O)n1. The number of thioether (sulfide) groups is 1. The van der Waals surface area contributed by atoms with E-state index in [4.69, 9.17) is 5.26 Å².